The lowest BCUT2D eigenvalue weighted by Crippen LogP contribution is -2.41. The van der Waals surface area contributed by atoms with Crippen molar-refractivity contribution in [3.63, 3.8) is 0 Å². The number of aryl methyl sites for hydroxylation is 1. The molecule has 0 amide bonds. The molecule has 0 unspecified atom stereocenters. The number of aliphatic hydroxyl groups excluding tert-OH is 1. The van der Waals surface area contributed by atoms with Gasteiger partial charge in [0.1, 0.15) is 0 Å². The lowest BCUT2D eigenvalue weighted by Gasteiger charge is -2.20. The number of carbonyl (C=O) groups is 1. The second-order valence-electron chi connectivity index (χ2n) is 4.94. The molecule has 0 aliphatic carbocycles. The molecule has 1 aromatic rings. The molecule has 0 heterocycles. The molecule has 0 aliphatic rings. The first kappa shape index (κ1) is 16.6. The lowest BCUT2D eigenvalue weighted by molar-refractivity contribution is 0.0696. The summed E-state index contributed by atoms with van der Waals surface area (Å²) in [6.07, 6.45) is 0. The van der Waals surface area contributed by atoms with E-state index in [0.29, 0.717) is 5.56 Å². The molecule has 0 saturated carbocycles. The van der Waals surface area contributed by atoms with E-state index in [9.17, 15) is 18.3 Å². The van der Waals surface area contributed by atoms with Gasteiger partial charge in [-0.25, -0.2) is 17.9 Å². The zero-order valence-electron chi connectivity index (χ0n) is 11.6. The van der Waals surface area contributed by atoms with Crippen molar-refractivity contribution in [1.82, 2.24) is 4.72 Å². The topological polar surface area (TPSA) is 104 Å². The molecule has 0 bridgehead atoms. The van der Waals surface area contributed by atoms with Gasteiger partial charge in [0, 0.05) is 6.04 Å². The highest BCUT2D eigenvalue weighted by Crippen LogP contribution is 2.17. The van der Waals surface area contributed by atoms with Crippen LogP contribution in [0.25, 0.3) is 0 Å². The van der Waals surface area contributed by atoms with Crippen LogP contribution in [-0.4, -0.2) is 37.2 Å². The van der Waals surface area contributed by atoms with E-state index >= 15 is 0 Å². The van der Waals surface area contributed by atoms with E-state index in [1.807, 2.05) is 0 Å². The van der Waals surface area contributed by atoms with Crippen molar-refractivity contribution in [3.8, 4) is 0 Å². The molecule has 0 aliphatic heterocycles. The summed E-state index contributed by atoms with van der Waals surface area (Å²) in [7, 11) is -3.86. The Labute approximate surface area is 118 Å². The average Bonchev–Trinajstić information content (AvgIpc) is 2.35. The van der Waals surface area contributed by atoms with Crippen molar-refractivity contribution < 1.29 is 23.4 Å². The van der Waals surface area contributed by atoms with Crippen molar-refractivity contribution in [2.45, 2.75) is 31.7 Å². The molecule has 0 fully saturated rings. The van der Waals surface area contributed by atoms with Gasteiger partial charge in [0.05, 0.1) is 17.1 Å². The highest BCUT2D eigenvalue weighted by molar-refractivity contribution is 7.89. The molecule has 20 heavy (non-hydrogen) atoms. The van der Waals surface area contributed by atoms with Crippen LogP contribution in [0.15, 0.2) is 23.1 Å². The summed E-state index contributed by atoms with van der Waals surface area (Å²) < 4.78 is 26.7. The predicted molar refractivity (Wildman–Crippen MR) is 74.2 cm³/mol. The van der Waals surface area contributed by atoms with Crippen molar-refractivity contribution in [2.75, 3.05) is 6.61 Å². The van der Waals surface area contributed by atoms with Crippen LogP contribution in [0.3, 0.4) is 0 Å². The molecule has 112 valence electrons. The fourth-order valence-electron chi connectivity index (χ4n) is 1.65. The first-order chi connectivity index (χ1) is 9.19. The number of aliphatic hydroxyl groups is 1. The summed E-state index contributed by atoms with van der Waals surface area (Å²) in [6, 6.07) is 3.30. The molecule has 1 rings (SSSR count). The predicted octanol–water partition coefficient (Wildman–Crippen LogP) is 0.988. The lowest BCUT2D eigenvalue weighted by atomic mass is 10.1. The number of aromatic carboxylic acids is 1. The van der Waals surface area contributed by atoms with Crippen LogP contribution in [0, 0.1) is 12.8 Å². The van der Waals surface area contributed by atoms with Gasteiger partial charge in [0.15, 0.2) is 0 Å². The van der Waals surface area contributed by atoms with Gasteiger partial charge in [-0.1, -0.05) is 19.9 Å². The highest BCUT2D eigenvalue weighted by Gasteiger charge is 2.23. The maximum absolute atomic E-state index is 12.2. The number of nitrogens with one attached hydrogen (secondary N) is 1. The zero-order valence-corrected chi connectivity index (χ0v) is 12.4. The van der Waals surface area contributed by atoms with Gasteiger partial charge in [-0.05, 0) is 30.5 Å². The summed E-state index contributed by atoms with van der Waals surface area (Å²) in [5, 5.41) is 18.2. The van der Waals surface area contributed by atoms with Crippen LogP contribution < -0.4 is 4.72 Å². The number of carboxylic acid groups (broad SMARTS) is 1. The molecule has 7 heteroatoms. The second kappa shape index (κ2) is 6.34. The van der Waals surface area contributed by atoms with Crippen LogP contribution in [0.5, 0.6) is 0 Å². The van der Waals surface area contributed by atoms with Crippen molar-refractivity contribution in [2.24, 2.45) is 5.92 Å². The first-order valence-corrected chi connectivity index (χ1v) is 7.64. The summed E-state index contributed by atoms with van der Waals surface area (Å²) >= 11 is 0. The standard InChI is InChI=1S/C13H19NO5S/c1-8(2)12(7-15)14-20(18,19)10-5-4-9(3)11(6-10)13(16)17/h4-6,8,12,14-15H,7H2,1-3H3,(H,16,17)/t12-/m1/s1. The van der Waals surface area contributed by atoms with Crippen molar-refractivity contribution in [3.05, 3.63) is 29.3 Å². The van der Waals surface area contributed by atoms with E-state index in [0.717, 1.165) is 6.07 Å². The zero-order chi connectivity index (χ0) is 15.5. The van der Waals surface area contributed by atoms with Gasteiger partial charge in [-0.3, -0.25) is 0 Å². The van der Waals surface area contributed by atoms with Gasteiger partial charge in [0.2, 0.25) is 10.0 Å². The van der Waals surface area contributed by atoms with Crippen molar-refractivity contribution in [1.29, 1.82) is 0 Å². The Morgan fingerprint density at radius 2 is 1.95 bits per heavy atom. The van der Waals surface area contributed by atoms with E-state index in [4.69, 9.17) is 5.11 Å². The highest BCUT2D eigenvalue weighted by atomic mass is 32.2. The largest absolute Gasteiger partial charge is 0.478 e. The third kappa shape index (κ3) is 3.78. The minimum absolute atomic E-state index is 0.0574. The average molecular weight is 301 g/mol. The summed E-state index contributed by atoms with van der Waals surface area (Å²) in [5.74, 6) is -1.26. The Morgan fingerprint density at radius 1 is 1.35 bits per heavy atom. The minimum atomic E-state index is -3.86. The van der Waals surface area contributed by atoms with Crippen LogP contribution in [0.2, 0.25) is 0 Å². The molecule has 0 aromatic heterocycles. The van der Waals surface area contributed by atoms with Crippen LogP contribution in [-0.2, 0) is 10.0 Å². The molecular weight excluding hydrogens is 282 g/mol. The van der Waals surface area contributed by atoms with E-state index in [2.05, 4.69) is 4.72 Å². The summed E-state index contributed by atoms with van der Waals surface area (Å²) in [6.45, 7) is 4.83. The number of hydrogen-bond donors (Lipinski definition) is 3. The second-order valence-corrected chi connectivity index (χ2v) is 6.65. The van der Waals surface area contributed by atoms with E-state index < -0.39 is 22.0 Å². The Morgan fingerprint density at radius 3 is 2.40 bits per heavy atom. The number of sulfonamides is 1. The van der Waals surface area contributed by atoms with Gasteiger partial charge in [-0.2, -0.15) is 0 Å². The van der Waals surface area contributed by atoms with E-state index in [-0.39, 0.29) is 23.0 Å². The number of rotatable bonds is 6. The summed E-state index contributed by atoms with van der Waals surface area (Å²) in [5.41, 5.74) is 0.428. The minimum Gasteiger partial charge on any atom is -0.478 e. The number of benzene rings is 1. The quantitative estimate of drug-likeness (QED) is 0.727. The number of carboxylic acids is 1. The number of hydrogen-bond acceptors (Lipinski definition) is 4. The van der Waals surface area contributed by atoms with Gasteiger partial charge in [-0.15, -0.1) is 0 Å². The molecule has 3 N–H and O–H groups in total. The van der Waals surface area contributed by atoms with Crippen LogP contribution >= 0.6 is 0 Å². The smallest absolute Gasteiger partial charge is 0.335 e. The molecular formula is C13H19NO5S. The Bertz CT molecular complexity index is 595. The molecule has 6 nitrogen and oxygen atoms in total. The SMILES string of the molecule is Cc1ccc(S(=O)(=O)N[C@H](CO)C(C)C)cc1C(=O)O. The molecule has 0 saturated heterocycles. The third-order valence-corrected chi connectivity index (χ3v) is 4.55. The van der Waals surface area contributed by atoms with Crippen LogP contribution in [0.1, 0.15) is 29.8 Å². The van der Waals surface area contributed by atoms with Gasteiger partial charge < -0.3 is 10.2 Å². The first-order valence-electron chi connectivity index (χ1n) is 6.16. The summed E-state index contributed by atoms with van der Waals surface area (Å²) in [4.78, 5) is 10.9. The Hall–Kier alpha value is -1.44. The maximum Gasteiger partial charge on any atom is 0.335 e. The van der Waals surface area contributed by atoms with Gasteiger partial charge >= 0.3 is 5.97 Å². The fraction of sp³-hybridized carbons (Fsp3) is 0.462. The monoisotopic (exact) mass is 301 g/mol. The van der Waals surface area contributed by atoms with Crippen molar-refractivity contribution >= 4 is 16.0 Å². The van der Waals surface area contributed by atoms with Gasteiger partial charge in [0.25, 0.3) is 0 Å². The molecule has 1 atom stereocenters. The van der Waals surface area contributed by atoms with E-state index in [1.165, 1.54) is 12.1 Å². The fourth-order valence-corrected chi connectivity index (χ4v) is 3.05. The van der Waals surface area contributed by atoms with Crippen LogP contribution in [0.4, 0.5) is 0 Å². The van der Waals surface area contributed by atoms with E-state index in [1.54, 1.807) is 20.8 Å². The normalized spacial score (nSPS) is 13.4. The Balaban J connectivity index is 3.16. The molecule has 0 spiro atoms. The maximum atomic E-state index is 12.2. The Kier molecular flexibility index (Phi) is 5.27. The molecule has 1 aromatic carbocycles. The molecule has 0 radical (unpaired) electrons. The third-order valence-electron chi connectivity index (χ3n) is 3.06.